The van der Waals surface area contributed by atoms with E-state index in [4.69, 9.17) is 5.84 Å². The Kier molecular flexibility index (Phi) is 4.52. The molecule has 0 unspecified atom stereocenters. The third-order valence-corrected chi connectivity index (χ3v) is 4.27. The largest absolute Gasteiger partial charge is 0.289 e. The second kappa shape index (κ2) is 6.15. The maximum absolute atomic E-state index is 11.8. The van der Waals surface area contributed by atoms with Gasteiger partial charge in [0.25, 0.3) is 5.91 Å². The molecule has 1 aromatic carbocycles. The number of nitrogens with zero attached hydrogens (tertiary/aromatic N) is 1. The first kappa shape index (κ1) is 14.7. The van der Waals surface area contributed by atoms with Gasteiger partial charge in [-0.1, -0.05) is 45.0 Å². The fraction of sp³-hybridized carbons (Fsp3) is 0.333. The van der Waals surface area contributed by atoms with Crippen molar-refractivity contribution in [1.29, 1.82) is 0 Å². The molecular formula is C15H19N3OS. The number of nitrogens with two attached hydrogens (primary N) is 1. The Morgan fingerprint density at radius 2 is 2.00 bits per heavy atom. The van der Waals surface area contributed by atoms with E-state index in [2.05, 4.69) is 29.5 Å². The molecule has 1 amide bonds. The van der Waals surface area contributed by atoms with Crippen molar-refractivity contribution in [3.63, 3.8) is 0 Å². The zero-order valence-electron chi connectivity index (χ0n) is 11.9. The molecule has 0 bridgehead atoms. The molecule has 2 aromatic rings. The first-order valence-electron chi connectivity index (χ1n) is 6.67. The van der Waals surface area contributed by atoms with Gasteiger partial charge in [0.2, 0.25) is 0 Å². The number of nitrogens with one attached hydrogen (secondary N) is 1. The summed E-state index contributed by atoms with van der Waals surface area (Å²) in [7, 11) is 0. The van der Waals surface area contributed by atoms with Crippen LogP contribution >= 0.6 is 11.3 Å². The second-order valence-electron chi connectivity index (χ2n) is 4.91. The quantitative estimate of drug-likeness (QED) is 0.516. The third kappa shape index (κ3) is 2.89. The fourth-order valence-electron chi connectivity index (χ4n) is 1.96. The van der Waals surface area contributed by atoms with Gasteiger partial charge in [0.1, 0.15) is 9.88 Å². The normalized spacial score (nSPS) is 10.8. The zero-order chi connectivity index (χ0) is 14.7. The van der Waals surface area contributed by atoms with Crippen molar-refractivity contribution in [3.8, 4) is 10.6 Å². The lowest BCUT2D eigenvalue weighted by atomic mass is 10.1. The number of hydrogen-bond acceptors (Lipinski definition) is 4. The standard InChI is InChI=1S/C15H19N3OS/c1-4-10-5-7-11(8-6-10)15-17-12(9(2)3)13(20-15)14(19)18-16/h5-9H,4,16H2,1-3H3,(H,18,19). The molecule has 0 saturated heterocycles. The Balaban J connectivity index is 2.44. The lowest BCUT2D eigenvalue weighted by Gasteiger charge is -2.02. The van der Waals surface area contributed by atoms with Crippen LogP contribution in [-0.4, -0.2) is 10.9 Å². The molecule has 0 aliphatic carbocycles. The van der Waals surface area contributed by atoms with Crippen molar-refractivity contribution in [3.05, 3.63) is 40.4 Å². The highest BCUT2D eigenvalue weighted by Gasteiger charge is 2.20. The molecule has 5 heteroatoms. The molecule has 0 saturated carbocycles. The van der Waals surface area contributed by atoms with Gasteiger partial charge in [-0.3, -0.25) is 10.2 Å². The zero-order valence-corrected chi connectivity index (χ0v) is 12.8. The number of hydrazine groups is 1. The smallest absolute Gasteiger partial charge is 0.277 e. The van der Waals surface area contributed by atoms with Crippen molar-refractivity contribution in [1.82, 2.24) is 10.4 Å². The van der Waals surface area contributed by atoms with Crippen molar-refractivity contribution in [2.24, 2.45) is 5.84 Å². The number of carbonyl (C=O) groups is 1. The molecule has 3 N–H and O–H groups in total. The van der Waals surface area contributed by atoms with E-state index in [0.717, 1.165) is 22.7 Å². The van der Waals surface area contributed by atoms with Crippen LogP contribution in [0.1, 0.15) is 47.6 Å². The van der Waals surface area contributed by atoms with E-state index in [1.165, 1.54) is 16.9 Å². The molecule has 0 fully saturated rings. The summed E-state index contributed by atoms with van der Waals surface area (Å²) < 4.78 is 0. The first-order chi connectivity index (χ1) is 9.56. The number of amides is 1. The second-order valence-corrected chi connectivity index (χ2v) is 5.91. The van der Waals surface area contributed by atoms with E-state index >= 15 is 0 Å². The minimum Gasteiger partial charge on any atom is -0.289 e. The minimum atomic E-state index is -0.275. The maximum atomic E-state index is 11.8. The molecule has 0 aliphatic rings. The summed E-state index contributed by atoms with van der Waals surface area (Å²) in [5, 5.41) is 0.856. The van der Waals surface area contributed by atoms with Crippen LogP contribution in [0.15, 0.2) is 24.3 Å². The monoisotopic (exact) mass is 289 g/mol. The van der Waals surface area contributed by atoms with E-state index in [-0.39, 0.29) is 11.8 Å². The molecule has 106 valence electrons. The number of rotatable bonds is 4. The van der Waals surface area contributed by atoms with Gasteiger partial charge in [-0.15, -0.1) is 11.3 Å². The summed E-state index contributed by atoms with van der Waals surface area (Å²) in [6.07, 6.45) is 1.01. The van der Waals surface area contributed by atoms with Gasteiger partial charge < -0.3 is 0 Å². The predicted molar refractivity (Wildman–Crippen MR) is 82.7 cm³/mol. The highest BCUT2D eigenvalue weighted by Crippen LogP contribution is 2.31. The van der Waals surface area contributed by atoms with E-state index in [1.54, 1.807) is 0 Å². The average Bonchev–Trinajstić information content (AvgIpc) is 2.92. The molecule has 0 aliphatic heterocycles. The van der Waals surface area contributed by atoms with Gasteiger partial charge in [0.05, 0.1) is 5.69 Å². The van der Waals surface area contributed by atoms with Gasteiger partial charge in [0, 0.05) is 5.56 Å². The van der Waals surface area contributed by atoms with Crippen molar-refractivity contribution in [2.75, 3.05) is 0 Å². The lowest BCUT2D eigenvalue weighted by Crippen LogP contribution is -2.30. The fourth-order valence-corrected chi connectivity index (χ4v) is 3.09. The Labute approximate surface area is 123 Å². The van der Waals surface area contributed by atoms with Crippen LogP contribution in [0.5, 0.6) is 0 Å². The summed E-state index contributed by atoms with van der Waals surface area (Å²) in [4.78, 5) is 17.0. The summed E-state index contributed by atoms with van der Waals surface area (Å²) in [5.41, 5.74) is 5.31. The van der Waals surface area contributed by atoms with E-state index < -0.39 is 0 Å². The van der Waals surface area contributed by atoms with Crippen LogP contribution in [0.25, 0.3) is 10.6 Å². The third-order valence-electron chi connectivity index (χ3n) is 3.15. The Hall–Kier alpha value is -1.72. The summed E-state index contributed by atoms with van der Waals surface area (Å²) in [6, 6.07) is 8.28. The van der Waals surface area contributed by atoms with E-state index in [0.29, 0.717) is 4.88 Å². The molecule has 0 atom stereocenters. The van der Waals surface area contributed by atoms with Gasteiger partial charge in [-0.2, -0.15) is 0 Å². The highest BCUT2D eigenvalue weighted by molar-refractivity contribution is 7.17. The number of aryl methyl sites for hydroxylation is 1. The first-order valence-corrected chi connectivity index (χ1v) is 7.49. The number of benzene rings is 1. The molecule has 0 radical (unpaired) electrons. The summed E-state index contributed by atoms with van der Waals surface area (Å²) in [6.45, 7) is 6.16. The predicted octanol–water partition coefficient (Wildman–Crippen LogP) is 3.10. The van der Waals surface area contributed by atoms with Crippen molar-refractivity contribution < 1.29 is 4.79 Å². The highest BCUT2D eigenvalue weighted by atomic mass is 32.1. The van der Waals surface area contributed by atoms with Gasteiger partial charge in [-0.25, -0.2) is 10.8 Å². The van der Waals surface area contributed by atoms with E-state index in [9.17, 15) is 4.79 Å². The molecule has 1 heterocycles. The maximum Gasteiger partial charge on any atom is 0.277 e. The number of nitrogen functional groups attached to an aromatic ring is 1. The number of carbonyl (C=O) groups excluding carboxylic acids is 1. The van der Waals surface area contributed by atoms with Crippen LogP contribution in [0.2, 0.25) is 0 Å². The Morgan fingerprint density at radius 1 is 1.35 bits per heavy atom. The van der Waals surface area contributed by atoms with Gasteiger partial charge in [0.15, 0.2) is 0 Å². The number of thiazole rings is 1. The molecule has 0 spiro atoms. The minimum absolute atomic E-state index is 0.183. The van der Waals surface area contributed by atoms with Crippen LogP contribution in [0.3, 0.4) is 0 Å². The summed E-state index contributed by atoms with van der Waals surface area (Å²) >= 11 is 1.38. The lowest BCUT2D eigenvalue weighted by molar-refractivity contribution is 0.0956. The average molecular weight is 289 g/mol. The molecule has 1 aromatic heterocycles. The van der Waals surface area contributed by atoms with E-state index in [1.807, 2.05) is 26.0 Å². The number of hydrogen-bond donors (Lipinski definition) is 2. The van der Waals surface area contributed by atoms with Gasteiger partial charge >= 0.3 is 0 Å². The van der Waals surface area contributed by atoms with Crippen LogP contribution < -0.4 is 11.3 Å². The van der Waals surface area contributed by atoms with Crippen molar-refractivity contribution >= 4 is 17.2 Å². The Bertz CT molecular complexity index is 602. The molecule has 20 heavy (non-hydrogen) atoms. The molecule has 2 rings (SSSR count). The topological polar surface area (TPSA) is 68.0 Å². The van der Waals surface area contributed by atoms with Crippen LogP contribution in [0, 0.1) is 0 Å². The molecule has 4 nitrogen and oxygen atoms in total. The van der Waals surface area contributed by atoms with Crippen LogP contribution in [-0.2, 0) is 6.42 Å². The molecular weight excluding hydrogens is 270 g/mol. The van der Waals surface area contributed by atoms with Gasteiger partial charge in [-0.05, 0) is 17.9 Å². The van der Waals surface area contributed by atoms with Crippen LogP contribution in [0.4, 0.5) is 0 Å². The summed E-state index contributed by atoms with van der Waals surface area (Å²) in [5.74, 6) is 5.15. The Morgan fingerprint density at radius 3 is 2.50 bits per heavy atom. The number of aromatic nitrogens is 1. The van der Waals surface area contributed by atoms with Crippen molar-refractivity contribution in [2.45, 2.75) is 33.1 Å². The SMILES string of the molecule is CCc1ccc(-c2nc(C(C)C)c(C(=O)NN)s2)cc1.